The van der Waals surface area contributed by atoms with Crippen LogP contribution in [-0.2, 0) is 4.79 Å². The minimum absolute atomic E-state index is 0.0755. The number of nitrogens with one attached hydrogen (secondary N) is 1. The third-order valence-electron chi connectivity index (χ3n) is 3.46. The number of piperidine rings is 1. The van der Waals surface area contributed by atoms with Crippen LogP contribution in [0.15, 0.2) is 36.9 Å². The van der Waals surface area contributed by atoms with Crippen LogP contribution in [0.1, 0.15) is 12.8 Å². The average molecular weight is 274 g/mol. The molecule has 1 aliphatic heterocycles. The monoisotopic (exact) mass is 274 g/mol. The second kappa shape index (κ2) is 7.10. The molecule has 1 saturated heterocycles. The van der Waals surface area contributed by atoms with Crippen molar-refractivity contribution >= 4 is 11.6 Å². The van der Waals surface area contributed by atoms with Crippen LogP contribution >= 0.6 is 0 Å². The van der Waals surface area contributed by atoms with Gasteiger partial charge in [-0.05, 0) is 38.6 Å². The summed E-state index contributed by atoms with van der Waals surface area (Å²) in [6, 6.07) is 7.47. The molecule has 1 atom stereocenters. The van der Waals surface area contributed by atoms with Crippen LogP contribution in [0.4, 0.5) is 5.69 Å². The summed E-state index contributed by atoms with van der Waals surface area (Å²) >= 11 is 0. The normalized spacial score (nSPS) is 19.4. The van der Waals surface area contributed by atoms with Gasteiger partial charge in [0, 0.05) is 18.3 Å². The first-order chi connectivity index (χ1) is 9.69. The Hall–Kier alpha value is -1.81. The molecule has 1 aliphatic rings. The Morgan fingerprint density at radius 3 is 3.20 bits per heavy atom. The maximum atomic E-state index is 12.2. The number of rotatable bonds is 5. The number of amides is 1. The Labute approximate surface area is 120 Å². The first-order valence-corrected chi connectivity index (χ1v) is 7.02. The molecule has 4 nitrogen and oxygen atoms in total. The fourth-order valence-electron chi connectivity index (χ4n) is 2.44. The molecule has 0 bridgehead atoms. The summed E-state index contributed by atoms with van der Waals surface area (Å²) < 4.78 is 5.46. The Bertz CT molecular complexity index is 473. The number of anilines is 1. The molecule has 0 aliphatic carbocycles. The number of carbonyl (C=O) groups excluding carboxylic acids is 1. The number of hydrogen-bond donors (Lipinski definition) is 1. The first-order valence-electron chi connectivity index (χ1n) is 7.02. The van der Waals surface area contributed by atoms with E-state index in [1.54, 1.807) is 6.08 Å². The molecule has 1 amide bonds. The van der Waals surface area contributed by atoms with E-state index in [1.807, 2.05) is 24.3 Å². The molecule has 2 rings (SSSR count). The molecule has 108 valence electrons. The van der Waals surface area contributed by atoms with Gasteiger partial charge in [-0.2, -0.15) is 0 Å². The van der Waals surface area contributed by atoms with Gasteiger partial charge in [0.05, 0.1) is 5.92 Å². The summed E-state index contributed by atoms with van der Waals surface area (Å²) in [5.74, 6) is 0.910. The van der Waals surface area contributed by atoms with Crippen LogP contribution in [0.3, 0.4) is 0 Å². The zero-order valence-electron chi connectivity index (χ0n) is 12.0. The molecule has 0 unspecified atom stereocenters. The Morgan fingerprint density at radius 2 is 2.45 bits per heavy atom. The lowest BCUT2D eigenvalue weighted by atomic mass is 9.97. The molecule has 0 radical (unpaired) electrons. The van der Waals surface area contributed by atoms with Gasteiger partial charge in [-0.25, -0.2) is 0 Å². The van der Waals surface area contributed by atoms with Crippen LogP contribution < -0.4 is 10.1 Å². The predicted octanol–water partition coefficient (Wildman–Crippen LogP) is 2.53. The highest BCUT2D eigenvalue weighted by Gasteiger charge is 2.23. The molecule has 1 aromatic carbocycles. The van der Waals surface area contributed by atoms with Crippen molar-refractivity contribution in [2.75, 3.05) is 32.1 Å². The molecule has 1 heterocycles. The van der Waals surface area contributed by atoms with Crippen molar-refractivity contribution in [1.29, 1.82) is 0 Å². The van der Waals surface area contributed by atoms with Gasteiger partial charge in [0.2, 0.25) is 5.91 Å². The summed E-state index contributed by atoms with van der Waals surface area (Å²) in [7, 11) is 2.06. The lowest BCUT2D eigenvalue weighted by Gasteiger charge is -2.28. The van der Waals surface area contributed by atoms with Crippen molar-refractivity contribution in [3.63, 3.8) is 0 Å². The van der Waals surface area contributed by atoms with Crippen LogP contribution in [0, 0.1) is 5.92 Å². The molecule has 1 N–H and O–H groups in total. The second-order valence-corrected chi connectivity index (χ2v) is 5.22. The van der Waals surface area contributed by atoms with Gasteiger partial charge in [-0.1, -0.05) is 18.7 Å². The Kier molecular flexibility index (Phi) is 5.18. The van der Waals surface area contributed by atoms with Crippen molar-refractivity contribution in [3.8, 4) is 5.75 Å². The van der Waals surface area contributed by atoms with E-state index in [4.69, 9.17) is 4.74 Å². The topological polar surface area (TPSA) is 41.6 Å². The Morgan fingerprint density at radius 1 is 1.60 bits per heavy atom. The van der Waals surface area contributed by atoms with Crippen molar-refractivity contribution in [2.45, 2.75) is 12.8 Å². The summed E-state index contributed by atoms with van der Waals surface area (Å²) in [5, 5.41) is 2.98. The van der Waals surface area contributed by atoms with Crippen molar-refractivity contribution in [3.05, 3.63) is 36.9 Å². The highest BCUT2D eigenvalue weighted by Crippen LogP contribution is 2.20. The molecule has 1 aromatic rings. The van der Waals surface area contributed by atoms with Gasteiger partial charge in [0.15, 0.2) is 0 Å². The van der Waals surface area contributed by atoms with Gasteiger partial charge in [0.1, 0.15) is 12.4 Å². The van der Waals surface area contributed by atoms with Gasteiger partial charge >= 0.3 is 0 Å². The number of ether oxygens (including phenoxy) is 1. The van der Waals surface area contributed by atoms with E-state index in [0.717, 1.165) is 37.4 Å². The summed E-state index contributed by atoms with van der Waals surface area (Å²) in [6.07, 6.45) is 3.74. The average Bonchev–Trinajstić information content (AvgIpc) is 2.45. The number of hydrogen-bond acceptors (Lipinski definition) is 3. The van der Waals surface area contributed by atoms with Crippen LogP contribution in [0.2, 0.25) is 0 Å². The zero-order valence-corrected chi connectivity index (χ0v) is 12.0. The van der Waals surface area contributed by atoms with Crippen LogP contribution in [0.25, 0.3) is 0 Å². The molecule has 1 fully saturated rings. The molecule has 20 heavy (non-hydrogen) atoms. The maximum Gasteiger partial charge on any atom is 0.228 e. The Balaban J connectivity index is 1.94. The van der Waals surface area contributed by atoms with Crippen molar-refractivity contribution in [2.24, 2.45) is 5.92 Å². The third-order valence-corrected chi connectivity index (χ3v) is 3.46. The summed E-state index contributed by atoms with van der Waals surface area (Å²) in [5.41, 5.74) is 0.782. The molecular weight excluding hydrogens is 252 g/mol. The van der Waals surface area contributed by atoms with Gasteiger partial charge in [-0.15, -0.1) is 0 Å². The maximum absolute atomic E-state index is 12.2. The fourth-order valence-corrected chi connectivity index (χ4v) is 2.44. The third kappa shape index (κ3) is 4.10. The van der Waals surface area contributed by atoms with Gasteiger partial charge in [-0.3, -0.25) is 4.79 Å². The van der Waals surface area contributed by atoms with E-state index in [2.05, 4.69) is 23.8 Å². The van der Waals surface area contributed by atoms with E-state index >= 15 is 0 Å². The summed E-state index contributed by atoms with van der Waals surface area (Å²) in [6.45, 7) is 5.99. The lowest BCUT2D eigenvalue weighted by Crippen LogP contribution is -2.38. The van der Waals surface area contributed by atoms with E-state index in [-0.39, 0.29) is 11.8 Å². The SMILES string of the molecule is C=CCOc1cccc(NC(=O)[C@@H]2CCCN(C)C2)c1. The van der Waals surface area contributed by atoms with Crippen LogP contribution in [-0.4, -0.2) is 37.6 Å². The quantitative estimate of drug-likeness (QED) is 0.839. The van der Waals surface area contributed by atoms with Gasteiger partial charge < -0.3 is 15.0 Å². The second-order valence-electron chi connectivity index (χ2n) is 5.22. The molecule has 0 saturated carbocycles. The highest BCUT2D eigenvalue weighted by molar-refractivity contribution is 5.92. The molecule has 0 spiro atoms. The van der Waals surface area contributed by atoms with Crippen molar-refractivity contribution in [1.82, 2.24) is 4.90 Å². The number of likely N-dealkylation sites (tertiary alicyclic amines) is 1. The molecular formula is C16H22N2O2. The standard InChI is InChI=1S/C16H22N2O2/c1-3-10-20-15-8-4-7-14(11-15)17-16(19)13-6-5-9-18(2)12-13/h3-4,7-8,11,13H,1,5-6,9-10,12H2,2H3,(H,17,19)/t13-/m1/s1. The van der Waals surface area contributed by atoms with Gasteiger partial charge in [0.25, 0.3) is 0 Å². The predicted molar refractivity (Wildman–Crippen MR) is 81.0 cm³/mol. The van der Waals surface area contributed by atoms with E-state index in [1.165, 1.54) is 0 Å². The number of nitrogens with zero attached hydrogens (tertiary/aromatic N) is 1. The number of carbonyl (C=O) groups is 1. The van der Waals surface area contributed by atoms with Crippen LogP contribution in [0.5, 0.6) is 5.75 Å². The first kappa shape index (κ1) is 14.6. The fraction of sp³-hybridized carbons (Fsp3) is 0.438. The van der Waals surface area contributed by atoms with E-state index in [0.29, 0.717) is 6.61 Å². The largest absolute Gasteiger partial charge is 0.489 e. The highest BCUT2D eigenvalue weighted by atomic mass is 16.5. The minimum Gasteiger partial charge on any atom is -0.489 e. The van der Waals surface area contributed by atoms with E-state index in [9.17, 15) is 4.79 Å². The lowest BCUT2D eigenvalue weighted by molar-refractivity contribution is -0.121. The zero-order chi connectivity index (χ0) is 14.4. The summed E-state index contributed by atoms with van der Waals surface area (Å²) in [4.78, 5) is 14.4. The van der Waals surface area contributed by atoms with Crippen molar-refractivity contribution < 1.29 is 9.53 Å². The molecule has 0 aromatic heterocycles. The minimum atomic E-state index is 0.0755. The van der Waals surface area contributed by atoms with E-state index < -0.39 is 0 Å². The number of benzene rings is 1. The molecule has 4 heteroatoms. The smallest absolute Gasteiger partial charge is 0.228 e.